The summed E-state index contributed by atoms with van der Waals surface area (Å²) in [6, 6.07) is -0.154. The van der Waals surface area contributed by atoms with Gasteiger partial charge in [0.15, 0.2) is 6.10 Å². The SMILES string of the molecule is CC(=O)CC1CCCCN1CC(O)C(F)(F)F. The van der Waals surface area contributed by atoms with Crippen LogP contribution in [-0.2, 0) is 4.79 Å². The van der Waals surface area contributed by atoms with Crippen molar-refractivity contribution in [3.05, 3.63) is 0 Å². The van der Waals surface area contributed by atoms with Crippen LogP contribution in [0.15, 0.2) is 0 Å². The fourth-order valence-corrected chi connectivity index (χ4v) is 2.19. The first-order valence-corrected chi connectivity index (χ1v) is 5.79. The molecule has 17 heavy (non-hydrogen) atoms. The maximum absolute atomic E-state index is 12.3. The molecular formula is C11H18F3NO2. The summed E-state index contributed by atoms with van der Waals surface area (Å²) in [6.07, 6.45) is -4.17. The third kappa shape index (κ3) is 4.63. The maximum atomic E-state index is 12.3. The summed E-state index contributed by atoms with van der Waals surface area (Å²) in [5, 5.41) is 9.04. The third-order valence-electron chi connectivity index (χ3n) is 3.06. The van der Waals surface area contributed by atoms with Crippen LogP contribution in [0.25, 0.3) is 0 Å². The molecule has 0 aliphatic carbocycles. The highest BCUT2D eigenvalue weighted by Gasteiger charge is 2.40. The van der Waals surface area contributed by atoms with Crippen molar-refractivity contribution in [2.75, 3.05) is 13.1 Å². The second kappa shape index (κ2) is 5.82. The molecule has 0 aromatic rings. The van der Waals surface area contributed by atoms with Crippen LogP contribution in [0.1, 0.15) is 32.6 Å². The van der Waals surface area contributed by atoms with E-state index in [2.05, 4.69) is 0 Å². The number of carbonyl (C=O) groups is 1. The first-order chi connectivity index (χ1) is 7.80. The lowest BCUT2D eigenvalue weighted by molar-refractivity contribution is -0.210. The maximum Gasteiger partial charge on any atom is 0.415 e. The number of ketones is 1. The molecular weight excluding hydrogens is 235 g/mol. The molecule has 1 heterocycles. The molecule has 0 radical (unpaired) electrons. The van der Waals surface area contributed by atoms with Crippen LogP contribution in [0.2, 0.25) is 0 Å². The van der Waals surface area contributed by atoms with E-state index < -0.39 is 18.8 Å². The van der Waals surface area contributed by atoms with Gasteiger partial charge in [-0.2, -0.15) is 13.2 Å². The Bertz CT molecular complexity index is 268. The first kappa shape index (κ1) is 14.4. The lowest BCUT2D eigenvalue weighted by atomic mass is 9.97. The van der Waals surface area contributed by atoms with E-state index in [9.17, 15) is 18.0 Å². The molecule has 0 amide bonds. The second-order valence-electron chi connectivity index (χ2n) is 4.61. The average Bonchev–Trinajstić information content (AvgIpc) is 2.18. The number of carbonyl (C=O) groups excluding carboxylic acids is 1. The first-order valence-electron chi connectivity index (χ1n) is 5.79. The highest BCUT2D eigenvalue weighted by Crippen LogP contribution is 2.25. The molecule has 1 fully saturated rings. The monoisotopic (exact) mass is 253 g/mol. The summed E-state index contributed by atoms with van der Waals surface area (Å²) in [7, 11) is 0. The van der Waals surface area contributed by atoms with Gasteiger partial charge in [-0.15, -0.1) is 0 Å². The molecule has 3 nitrogen and oxygen atoms in total. The Kier molecular flexibility index (Phi) is 4.94. The van der Waals surface area contributed by atoms with E-state index in [4.69, 9.17) is 5.11 Å². The molecule has 0 aromatic carbocycles. The number of hydrogen-bond donors (Lipinski definition) is 1. The van der Waals surface area contributed by atoms with Gasteiger partial charge in [0.2, 0.25) is 0 Å². The Balaban J connectivity index is 2.56. The zero-order chi connectivity index (χ0) is 13.1. The van der Waals surface area contributed by atoms with E-state index >= 15 is 0 Å². The van der Waals surface area contributed by atoms with Crippen molar-refractivity contribution in [1.29, 1.82) is 0 Å². The van der Waals surface area contributed by atoms with Crippen LogP contribution in [0.4, 0.5) is 13.2 Å². The van der Waals surface area contributed by atoms with Crippen LogP contribution in [0, 0.1) is 0 Å². The number of aliphatic hydroxyl groups is 1. The predicted octanol–water partition coefficient (Wildman–Crippen LogP) is 1.74. The number of piperidine rings is 1. The molecule has 6 heteroatoms. The van der Waals surface area contributed by atoms with Crippen molar-refractivity contribution >= 4 is 5.78 Å². The van der Waals surface area contributed by atoms with Crippen LogP contribution in [0.3, 0.4) is 0 Å². The molecule has 100 valence electrons. The van der Waals surface area contributed by atoms with Gasteiger partial charge < -0.3 is 5.11 Å². The summed E-state index contributed by atoms with van der Waals surface area (Å²) < 4.78 is 36.8. The summed E-state index contributed by atoms with van der Waals surface area (Å²) in [5.41, 5.74) is 0. The van der Waals surface area contributed by atoms with Crippen LogP contribution >= 0.6 is 0 Å². The number of aliphatic hydroxyl groups excluding tert-OH is 1. The largest absolute Gasteiger partial charge is 0.415 e. The van der Waals surface area contributed by atoms with Gasteiger partial charge in [-0.3, -0.25) is 9.69 Å². The van der Waals surface area contributed by atoms with Gasteiger partial charge in [0.05, 0.1) is 0 Å². The fourth-order valence-electron chi connectivity index (χ4n) is 2.19. The van der Waals surface area contributed by atoms with E-state index in [1.807, 2.05) is 0 Å². The minimum Gasteiger partial charge on any atom is -0.382 e. The Morgan fingerprint density at radius 3 is 2.65 bits per heavy atom. The number of β-amino-alcohol motifs (C(OH)–C–C–N with tert-alkyl or cyclic N) is 1. The van der Waals surface area contributed by atoms with Gasteiger partial charge in [0.1, 0.15) is 5.78 Å². The van der Waals surface area contributed by atoms with Crippen molar-refractivity contribution in [3.63, 3.8) is 0 Å². The number of alkyl halides is 3. The molecule has 1 aliphatic rings. The average molecular weight is 253 g/mol. The number of nitrogens with zero attached hydrogens (tertiary/aromatic N) is 1. The molecule has 2 atom stereocenters. The second-order valence-corrected chi connectivity index (χ2v) is 4.61. The molecule has 1 rings (SSSR count). The van der Waals surface area contributed by atoms with E-state index in [1.54, 1.807) is 4.90 Å². The van der Waals surface area contributed by atoms with Crippen molar-refractivity contribution in [2.24, 2.45) is 0 Å². The topological polar surface area (TPSA) is 40.5 Å². The zero-order valence-corrected chi connectivity index (χ0v) is 9.83. The van der Waals surface area contributed by atoms with Crippen LogP contribution in [0.5, 0.6) is 0 Å². The summed E-state index contributed by atoms with van der Waals surface area (Å²) in [4.78, 5) is 12.6. The smallest absolute Gasteiger partial charge is 0.382 e. The predicted molar refractivity (Wildman–Crippen MR) is 56.6 cm³/mol. The standard InChI is InChI=1S/C11H18F3NO2/c1-8(16)6-9-4-2-3-5-15(9)7-10(17)11(12,13)14/h9-10,17H,2-7H2,1H3. The molecule has 1 N–H and O–H groups in total. The summed E-state index contributed by atoms with van der Waals surface area (Å²) >= 11 is 0. The Morgan fingerprint density at radius 2 is 2.12 bits per heavy atom. The van der Waals surface area contributed by atoms with E-state index in [0.717, 1.165) is 19.3 Å². The Morgan fingerprint density at radius 1 is 1.47 bits per heavy atom. The lowest BCUT2D eigenvalue weighted by Gasteiger charge is -2.36. The van der Waals surface area contributed by atoms with Crippen LogP contribution in [-0.4, -0.2) is 47.2 Å². The zero-order valence-electron chi connectivity index (χ0n) is 9.83. The van der Waals surface area contributed by atoms with Gasteiger partial charge in [-0.25, -0.2) is 0 Å². The molecule has 0 saturated carbocycles. The fraction of sp³-hybridized carbons (Fsp3) is 0.909. The highest BCUT2D eigenvalue weighted by molar-refractivity contribution is 5.76. The quantitative estimate of drug-likeness (QED) is 0.829. The van der Waals surface area contributed by atoms with E-state index in [1.165, 1.54) is 6.92 Å². The van der Waals surface area contributed by atoms with Gasteiger partial charge >= 0.3 is 6.18 Å². The van der Waals surface area contributed by atoms with Gasteiger partial charge in [-0.05, 0) is 26.3 Å². The Labute approximate surface area is 98.6 Å². The third-order valence-corrected chi connectivity index (χ3v) is 3.06. The van der Waals surface area contributed by atoms with Crippen molar-refractivity contribution < 1.29 is 23.1 Å². The summed E-state index contributed by atoms with van der Waals surface area (Å²) in [5.74, 6) is -0.0246. The minimum atomic E-state index is -4.59. The Hall–Kier alpha value is -0.620. The number of rotatable bonds is 4. The molecule has 0 aromatic heterocycles. The number of halogens is 3. The van der Waals surface area contributed by atoms with Crippen molar-refractivity contribution in [1.82, 2.24) is 4.90 Å². The lowest BCUT2D eigenvalue weighted by Crippen LogP contribution is -2.48. The molecule has 0 bridgehead atoms. The van der Waals surface area contributed by atoms with Crippen molar-refractivity contribution in [3.8, 4) is 0 Å². The number of Topliss-reactive ketones (excluding diaryl/α,β-unsaturated/α-hetero) is 1. The normalized spacial score (nSPS) is 24.6. The molecule has 1 saturated heterocycles. The van der Waals surface area contributed by atoms with E-state index in [0.29, 0.717) is 6.54 Å². The van der Waals surface area contributed by atoms with Gasteiger partial charge in [-0.1, -0.05) is 6.42 Å². The molecule has 1 aliphatic heterocycles. The van der Waals surface area contributed by atoms with Gasteiger partial charge in [0.25, 0.3) is 0 Å². The number of likely N-dealkylation sites (tertiary alicyclic amines) is 1. The molecule has 0 spiro atoms. The molecule has 2 unspecified atom stereocenters. The number of hydrogen-bond acceptors (Lipinski definition) is 3. The van der Waals surface area contributed by atoms with Crippen LogP contribution < -0.4 is 0 Å². The highest BCUT2D eigenvalue weighted by atomic mass is 19.4. The summed E-state index contributed by atoms with van der Waals surface area (Å²) in [6.45, 7) is 1.53. The van der Waals surface area contributed by atoms with E-state index in [-0.39, 0.29) is 18.2 Å². The van der Waals surface area contributed by atoms with Crippen molar-refractivity contribution in [2.45, 2.75) is 50.9 Å². The minimum absolute atomic E-state index is 0.0246. The van der Waals surface area contributed by atoms with Gasteiger partial charge in [0, 0.05) is 19.0 Å².